The van der Waals surface area contributed by atoms with Gasteiger partial charge in [-0.25, -0.2) is 0 Å². The highest BCUT2D eigenvalue weighted by atomic mass is 32.2. The molecule has 4 atom stereocenters. The zero-order chi connectivity index (χ0) is 14.9. The van der Waals surface area contributed by atoms with Gasteiger partial charge >= 0.3 is 0 Å². The summed E-state index contributed by atoms with van der Waals surface area (Å²) in [4.78, 5) is 15.1. The second kappa shape index (κ2) is 6.27. The summed E-state index contributed by atoms with van der Waals surface area (Å²) in [6.45, 7) is 8.67. The molecule has 0 spiro atoms. The molecule has 2 rings (SSSR count). The Balaban J connectivity index is 2.16. The van der Waals surface area contributed by atoms with Crippen molar-refractivity contribution < 1.29 is 4.79 Å². The van der Waals surface area contributed by atoms with E-state index in [1.54, 1.807) is 0 Å². The molecule has 0 radical (unpaired) electrons. The maximum atomic E-state index is 12.9. The zero-order valence-corrected chi connectivity index (χ0v) is 14.4. The second-order valence-corrected chi connectivity index (χ2v) is 8.15. The average molecular weight is 298 g/mol. The van der Waals surface area contributed by atoms with E-state index in [0.717, 1.165) is 18.1 Å². The number of carbonyl (C=O) groups is 1. The fourth-order valence-electron chi connectivity index (χ4n) is 3.60. The highest BCUT2D eigenvalue weighted by Crippen LogP contribution is 2.37. The maximum Gasteiger partial charge on any atom is 0.244 e. The van der Waals surface area contributed by atoms with E-state index in [-0.39, 0.29) is 11.7 Å². The smallest absolute Gasteiger partial charge is 0.244 e. The average Bonchev–Trinajstić information content (AvgIpc) is 2.94. The molecular formula is C16H30N2OS. The molecule has 1 aliphatic carbocycles. The molecule has 0 aromatic rings. The third-order valence-electron chi connectivity index (χ3n) is 5.01. The summed E-state index contributed by atoms with van der Waals surface area (Å²) < 4.78 is 0. The summed E-state index contributed by atoms with van der Waals surface area (Å²) in [5.41, 5.74) is -0.350. The monoisotopic (exact) mass is 298 g/mol. The highest BCUT2D eigenvalue weighted by molar-refractivity contribution is 7.99. The highest BCUT2D eigenvalue weighted by Gasteiger charge is 2.50. The van der Waals surface area contributed by atoms with Gasteiger partial charge in [0.25, 0.3) is 0 Å². The van der Waals surface area contributed by atoms with Gasteiger partial charge in [0.15, 0.2) is 0 Å². The van der Waals surface area contributed by atoms with E-state index in [2.05, 4.69) is 44.2 Å². The number of hydrogen-bond donors (Lipinski definition) is 1. The van der Waals surface area contributed by atoms with Crippen molar-refractivity contribution in [2.45, 2.75) is 82.8 Å². The molecule has 116 valence electrons. The number of carbonyl (C=O) groups excluding carboxylic acids is 1. The number of hydrogen-bond acceptors (Lipinski definition) is 3. The molecule has 4 heteroatoms. The summed E-state index contributed by atoms with van der Waals surface area (Å²) in [6, 6.07) is 0.449. The Kier molecular flexibility index (Phi) is 5.06. The predicted octanol–water partition coefficient (Wildman–Crippen LogP) is 3.24. The van der Waals surface area contributed by atoms with Gasteiger partial charge < -0.3 is 4.90 Å². The van der Waals surface area contributed by atoms with Crippen LogP contribution in [0.25, 0.3) is 0 Å². The normalized spacial score (nSPS) is 38.2. The van der Waals surface area contributed by atoms with Gasteiger partial charge in [0.2, 0.25) is 5.91 Å². The largest absolute Gasteiger partial charge is 0.323 e. The minimum atomic E-state index is -0.350. The SMILES string of the molecule is CCC1(C)NC(CC(C)C)N(C2CCC(SC)C2)C1=O. The second-order valence-electron chi connectivity index (χ2n) is 7.01. The maximum absolute atomic E-state index is 12.9. The van der Waals surface area contributed by atoms with E-state index < -0.39 is 0 Å². The number of thioether (sulfide) groups is 1. The van der Waals surface area contributed by atoms with Crippen LogP contribution in [0.4, 0.5) is 0 Å². The predicted molar refractivity (Wildman–Crippen MR) is 86.9 cm³/mol. The van der Waals surface area contributed by atoms with Crippen molar-refractivity contribution in [1.29, 1.82) is 0 Å². The standard InChI is InChI=1S/C16H30N2OS/c1-6-16(4)15(19)18(14(17-16)9-11(2)3)12-7-8-13(10-12)20-5/h11-14,17H,6-10H2,1-5H3. The number of amides is 1. The molecule has 4 unspecified atom stereocenters. The van der Waals surface area contributed by atoms with Crippen molar-refractivity contribution in [2.24, 2.45) is 5.92 Å². The van der Waals surface area contributed by atoms with Crippen LogP contribution in [0.2, 0.25) is 0 Å². The van der Waals surface area contributed by atoms with Gasteiger partial charge in [-0.3, -0.25) is 10.1 Å². The lowest BCUT2D eigenvalue weighted by molar-refractivity contribution is -0.135. The van der Waals surface area contributed by atoms with E-state index in [0.29, 0.717) is 17.9 Å². The van der Waals surface area contributed by atoms with E-state index >= 15 is 0 Å². The summed E-state index contributed by atoms with van der Waals surface area (Å²) in [7, 11) is 0. The van der Waals surface area contributed by atoms with Crippen LogP contribution >= 0.6 is 11.8 Å². The Morgan fingerprint density at radius 2 is 2.15 bits per heavy atom. The Bertz CT molecular complexity index is 360. The van der Waals surface area contributed by atoms with E-state index in [9.17, 15) is 4.79 Å². The van der Waals surface area contributed by atoms with Crippen LogP contribution in [0.5, 0.6) is 0 Å². The van der Waals surface area contributed by atoms with Crippen molar-refractivity contribution in [3.63, 3.8) is 0 Å². The lowest BCUT2D eigenvalue weighted by Crippen LogP contribution is -2.44. The molecule has 0 aromatic heterocycles. The van der Waals surface area contributed by atoms with Gasteiger partial charge in [0, 0.05) is 11.3 Å². The molecule has 1 saturated carbocycles. The van der Waals surface area contributed by atoms with Crippen molar-refractivity contribution >= 4 is 17.7 Å². The summed E-state index contributed by atoms with van der Waals surface area (Å²) in [5, 5.41) is 4.36. The molecule has 2 fully saturated rings. The van der Waals surface area contributed by atoms with E-state index in [1.165, 1.54) is 19.3 Å². The van der Waals surface area contributed by atoms with Crippen LogP contribution in [0.15, 0.2) is 0 Å². The number of nitrogens with zero attached hydrogens (tertiary/aromatic N) is 1. The molecule has 3 nitrogen and oxygen atoms in total. The molecule has 1 N–H and O–H groups in total. The summed E-state index contributed by atoms with van der Waals surface area (Å²) in [6.07, 6.45) is 7.96. The lowest BCUT2D eigenvalue weighted by atomic mass is 9.99. The molecule has 1 saturated heterocycles. The van der Waals surface area contributed by atoms with Crippen LogP contribution in [0.3, 0.4) is 0 Å². The fourth-order valence-corrected chi connectivity index (χ4v) is 4.39. The Labute approximate surface area is 128 Å². The molecule has 1 aliphatic heterocycles. The Morgan fingerprint density at radius 1 is 1.45 bits per heavy atom. The number of nitrogens with one attached hydrogen (secondary N) is 1. The first-order valence-electron chi connectivity index (χ1n) is 8.04. The van der Waals surface area contributed by atoms with Crippen molar-refractivity contribution in [3.8, 4) is 0 Å². The van der Waals surface area contributed by atoms with Crippen molar-refractivity contribution in [3.05, 3.63) is 0 Å². The van der Waals surface area contributed by atoms with E-state index in [1.807, 2.05) is 11.8 Å². The fraction of sp³-hybridized carbons (Fsp3) is 0.938. The number of rotatable bonds is 5. The third-order valence-corrected chi connectivity index (χ3v) is 6.11. The van der Waals surface area contributed by atoms with Crippen molar-refractivity contribution in [1.82, 2.24) is 10.2 Å². The summed E-state index contributed by atoms with van der Waals surface area (Å²) >= 11 is 1.96. The quantitative estimate of drug-likeness (QED) is 0.845. The Hall–Kier alpha value is -0.220. The zero-order valence-electron chi connectivity index (χ0n) is 13.6. The third kappa shape index (κ3) is 3.01. The van der Waals surface area contributed by atoms with Crippen LogP contribution in [0.1, 0.15) is 59.8 Å². The van der Waals surface area contributed by atoms with Crippen molar-refractivity contribution in [2.75, 3.05) is 6.26 Å². The molecular weight excluding hydrogens is 268 g/mol. The van der Waals surface area contributed by atoms with Gasteiger partial charge in [-0.1, -0.05) is 20.8 Å². The topological polar surface area (TPSA) is 32.3 Å². The van der Waals surface area contributed by atoms with Gasteiger partial charge in [-0.2, -0.15) is 11.8 Å². The minimum Gasteiger partial charge on any atom is -0.323 e. The van der Waals surface area contributed by atoms with Gasteiger partial charge in [0.05, 0.1) is 11.7 Å². The molecule has 1 heterocycles. The van der Waals surface area contributed by atoms with Crippen LogP contribution in [-0.4, -0.2) is 40.1 Å². The van der Waals surface area contributed by atoms with Crippen LogP contribution in [-0.2, 0) is 4.79 Å². The summed E-state index contributed by atoms with van der Waals surface area (Å²) in [5.74, 6) is 0.942. The first kappa shape index (κ1) is 16.2. The molecule has 2 aliphatic rings. The van der Waals surface area contributed by atoms with Gasteiger partial charge in [-0.15, -0.1) is 0 Å². The minimum absolute atomic E-state index is 0.234. The van der Waals surface area contributed by atoms with Gasteiger partial charge in [0.1, 0.15) is 0 Å². The van der Waals surface area contributed by atoms with Crippen LogP contribution in [0, 0.1) is 5.92 Å². The molecule has 0 aromatic carbocycles. The van der Waals surface area contributed by atoms with Crippen LogP contribution < -0.4 is 5.32 Å². The first-order valence-corrected chi connectivity index (χ1v) is 9.33. The molecule has 0 bridgehead atoms. The Morgan fingerprint density at radius 3 is 2.65 bits per heavy atom. The van der Waals surface area contributed by atoms with Gasteiger partial charge in [-0.05, 0) is 51.2 Å². The lowest BCUT2D eigenvalue weighted by Gasteiger charge is -2.31. The first-order chi connectivity index (χ1) is 9.41. The molecule has 1 amide bonds. The molecule has 20 heavy (non-hydrogen) atoms. The van der Waals surface area contributed by atoms with E-state index in [4.69, 9.17) is 0 Å².